The van der Waals surface area contributed by atoms with Crippen molar-refractivity contribution >= 4 is 0 Å². The monoisotopic (exact) mass is 270 g/mol. The first kappa shape index (κ1) is 18.9. The first-order valence-electron chi connectivity index (χ1n) is 7.67. The Morgan fingerprint density at radius 2 is 1.21 bits per heavy atom. The molecule has 0 aromatic heterocycles. The van der Waals surface area contributed by atoms with Crippen molar-refractivity contribution in [2.75, 3.05) is 28.2 Å². The summed E-state index contributed by atoms with van der Waals surface area (Å²) in [6.45, 7) is 14.1. The van der Waals surface area contributed by atoms with Crippen LogP contribution in [-0.4, -0.2) is 50.1 Å². The topological polar surface area (TPSA) is 6.48 Å². The molecular formula is C17H38N2. The Morgan fingerprint density at radius 3 is 1.47 bits per heavy atom. The van der Waals surface area contributed by atoms with Crippen molar-refractivity contribution in [2.24, 2.45) is 10.8 Å². The summed E-state index contributed by atoms with van der Waals surface area (Å²) in [5.74, 6) is 0. The van der Waals surface area contributed by atoms with Gasteiger partial charge in [0.25, 0.3) is 0 Å². The van der Waals surface area contributed by atoms with Crippen LogP contribution in [0.1, 0.15) is 60.8 Å². The van der Waals surface area contributed by atoms with Gasteiger partial charge in [-0.3, -0.25) is 0 Å². The Bertz CT molecular complexity index is 243. The molecule has 0 amide bonds. The molecule has 0 radical (unpaired) electrons. The summed E-state index contributed by atoms with van der Waals surface area (Å²) in [7, 11) is 8.87. The smallest absolute Gasteiger partial charge is 0.0138 e. The van der Waals surface area contributed by atoms with Gasteiger partial charge in [-0.15, -0.1) is 0 Å². The number of hydrogen-bond donors (Lipinski definition) is 0. The second-order valence-corrected chi connectivity index (χ2v) is 8.81. The SMILES string of the molecule is CN(C)C(CCC(N(C)C)C(C)(C)C)CC(C)(C)C. The maximum absolute atomic E-state index is 2.40. The summed E-state index contributed by atoms with van der Waals surface area (Å²) in [6.07, 6.45) is 3.82. The van der Waals surface area contributed by atoms with Gasteiger partial charge in [0.05, 0.1) is 0 Å². The Labute approximate surface area is 122 Å². The van der Waals surface area contributed by atoms with E-state index in [0.29, 0.717) is 22.9 Å². The van der Waals surface area contributed by atoms with Crippen LogP contribution in [0, 0.1) is 10.8 Å². The molecule has 0 saturated heterocycles. The molecule has 0 spiro atoms. The van der Waals surface area contributed by atoms with Gasteiger partial charge in [-0.2, -0.15) is 0 Å². The van der Waals surface area contributed by atoms with Crippen LogP contribution in [0.4, 0.5) is 0 Å². The molecular weight excluding hydrogens is 232 g/mol. The third-order valence-electron chi connectivity index (χ3n) is 3.97. The van der Waals surface area contributed by atoms with Gasteiger partial charge >= 0.3 is 0 Å². The minimum Gasteiger partial charge on any atom is -0.306 e. The molecule has 2 atom stereocenters. The Morgan fingerprint density at radius 1 is 0.737 bits per heavy atom. The summed E-state index contributed by atoms with van der Waals surface area (Å²) in [6, 6.07) is 1.33. The van der Waals surface area contributed by atoms with Gasteiger partial charge in [-0.25, -0.2) is 0 Å². The van der Waals surface area contributed by atoms with Crippen LogP contribution in [0.3, 0.4) is 0 Å². The van der Waals surface area contributed by atoms with Crippen LogP contribution >= 0.6 is 0 Å². The molecule has 0 fully saturated rings. The van der Waals surface area contributed by atoms with Crippen LogP contribution in [0.25, 0.3) is 0 Å². The predicted molar refractivity (Wildman–Crippen MR) is 87.7 cm³/mol. The van der Waals surface area contributed by atoms with Gasteiger partial charge < -0.3 is 9.80 Å². The second-order valence-electron chi connectivity index (χ2n) is 8.81. The minimum absolute atomic E-state index is 0.349. The molecule has 116 valence electrons. The lowest BCUT2D eigenvalue weighted by atomic mass is 9.80. The Hall–Kier alpha value is -0.0800. The first-order chi connectivity index (χ1) is 8.34. The normalized spacial score (nSPS) is 17.1. The Kier molecular flexibility index (Phi) is 7.05. The third kappa shape index (κ3) is 7.94. The lowest BCUT2D eigenvalue weighted by molar-refractivity contribution is 0.119. The van der Waals surface area contributed by atoms with E-state index >= 15 is 0 Å². The summed E-state index contributed by atoms with van der Waals surface area (Å²) in [4.78, 5) is 4.80. The lowest BCUT2D eigenvalue weighted by Gasteiger charge is -2.38. The first-order valence-corrected chi connectivity index (χ1v) is 7.67. The van der Waals surface area contributed by atoms with Gasteiger partial charge in [0.2, 0.25) is 0 Å². The van der Waals surface area contributed by atoms with Crippen LogP contribution in [0.2, 0.25) is 0 Å². The molecule has 19 heavy (non-hydrogen) atoms. The molecule has 0 aromatic rings. The molecule has 0 aliphatic carbocycles. The van der Waals surface area contributed by atoms with Gasteiger partial charge in [0.15, 0.2) is 0 Å². The highest BCUT2D eigenvalue weighted by Crippen LogP contribution is 2.30. The van der Waals surface area contributed by atoms with Crippen molar-refractivity contribution < 1.29 is 0 Å². The van der Waals surface area contributed by atoms with Crippen molar-refractivity contribution in [3.63, 3.8) is 0 Å². The van der Waals surface area contributed by atoms with Gasteiger partial charge in [-0.1, -0.05) is 41.5 Å². The molecule has 0 N–H and O–H groups in total. The number of nitrogens with zero attached hydrogens (tertiary/aromatic N) is 2. The van der Waals surface area contributed by atoms with E-state index in [1.807, 2.05) is 0 Å². The quantitative estimate of drug-likeness (QED) is 0.716. The molecule has 0 heterocycles. The largest absolute Gasteiger partial charge is 0.306 e. The molecule has 2 unspecified atom stereocenters. The average Bonchev–Trinajstić information content (AvgIpc) is 2.11. The molecule has 0 bridgehead atoms. The molecule has 2 nitrogen and oxygen atoms in total. The Balaban J connectivity index is 4.61. The van der Waals surface area contributed by atoms with E-state index < -0.39 is 0 Å². The van der Waals surface area contributed by atoms with Crippen LogP contribution < -0.4 is 0 Å². The molecule has 0 aliphatic heterocycles. The fourth-order valence-corrected chi connectivity index (χ4v) is 3.07. The molecule has 0 aliphatic rings. The standard InChI is InChI=1S/C17H38N2/c1-16(2,3)13-14(18(7)8)11-12-15(19(9)10)17(4,5)6/h14-15H,11-13H2,1-10H3. The fourth-order valence-electron chi connectivity index (χ4n) is 3.07. The highest BCUT2D eigenvalue weighted by Gasteiger charge is 2.28. The number of rotatable bonds is 6. The predicted octanol–water partition coefficient (Wildman–Crippen LogP) is 4.11. The highest BCUT2D eigenvalue weighted by atomic mass is 15.1. The van der Waals surface area contributed by atoms with Crippen molar-refractivity contribution in [1.82, 2.24) is 9.80 Å². The van der Waals surface area contributed by atoms with Gasteiger partial charge in [0, 0.05) is 12.1 Å². The maximum atomic E-state index is 2.40. The highest BCUT2D eigenvalue weighted by molar-refractivity contribution is 4.83. The second kappa shape index (κ2) is 7.08. The van der Waals surface area contributed by atoms with E-state index in [4.69, 9.17) is 0 Å². The van der Waals surface area contributed by atoms with E-state index in [1.54, 1.807) is 0 Å². The summed E-state index contributed by atoms with van der Waals surface area (Å²) < 4.78 is 0. The summed E-state index contributed by atoms with van der Waals surface area (Å²) >= 11 is 0. The van der Waals surface area contributed by atoms with Crippen LogP contribution in [0.5, 0.6) is 0 Å². The van der Waals surface area contributed by atoms with Crippen molar-refractivity contribution in [3.05, 3.63) is 0 Å². The van der Waals surface area contributed by atoms with Crippen LogP contribution in [-0.2, 0) is 0 Å². The van der Waals surface area contributed by atoms with Crippen molar-refractivity contribution in [3.8, 4) is 0 Å². The average molecular weight is 271 g/mol. The fraction of sp³-hybridized carbons (Fsp3) is 1.00. The zero-order valence-corrected chi connectivity index (χ0v) is 15.2. The molecule has 2 heteroatoms. The number of hydrogen-bond acceptors (Lipinski definition) is 2. The minimum atomic E-state index is 0.349. The summed E-state index contributed by atoms with van der Waals surface area (Å²) in [5.41, 5.74) is 0.756. The zero-order valence-electron chi connectivity index (χ0n) is 15.2. The molecule has 0 rings (SSSR count). The van der Waals surface area contributed by atoms with E-state index in [-0.39, 0.29) is 0 Å². The van der Waals surface area contributed by atoms with E-state index in [2.05, 4.69) is 79.5 Å². The van der Waals surface area contributed by atoms with Crippen LogP contribution in [0.15, 0.2) is 0 Å². The lowest BCUT2D eigenvalue weighted by Crippen LogP contribution is -2.41. The van der Waals surface area contributed by atoms with Gasteiger partial charge in [-0.05, 0) is 58.3 Å². The maximum Gasteiger partial charge on any atom is 0.0138 e. The van der Waals surface area contributed by atoms with Crippen molar-refractivity contribution in [1.29, 1.82) is 0 Å². The van der Waals surface area contributed by atoms with E-state index in [0.717, 1.165) is 0 Å². The van der Waals surface area contributed by atoms with Crippen molar-refractivity contribution in [2.45, 2.75) is 72.9 Å². The van der Waals surface area contributed by atoms with Gasteiger partial charge in [0.1, 0.15) is 0 Å². The zero-order chi connectivity index (χ0) is 15.4. The van der Waals surface area contributed by atoms with E-state index in [1.165, 1.54) is 19.3 Å². The molecule has 0 saturated carbocycles. The summed E-state index contributed by atoms with van der Waals surface area (Å²) in [5, 5.41) is 0. The van der Waals surface area contributed by atoms with E-state index in [9.17, 15) is 0 Å². The molecule has 0 aromatic carbocycles. The third-order valence-corrected chi connectivity index (χ3v) is 3.97.